The summed E-state index contributed by atoms with van der Waals surface area (Å²) in [5, 5.41) is 72.3. The minimum atomic E-state index is -1.71. The smallest absolute Gasteiger partial charge is 0.306 e. The zero-order valence-electron chi connectivity index (χ0n) is 45.6. The van der Waals surface area contributed by atoms with E-state index in [0.29, 0.717) is 13.0 Å². The molecule has 0 amide bonds. The highest BCUT2D eigenvalue weighted by molar-refractivity contribution is 5.69. The number of aliphatic hydroxyl groups excluding tert-OH is 7. The number of hydrogen-bond donors (Lipinski definition) is 7. The van der Waals surface area contributed by atoms with E-state index in [0.717, 1.165) is 70.6 Å². The molecular weight excluding hydrogens is 933 g/mol. The number of esters is 1. The molecule has 426 valence electrons. The third-order valence-corrected chi connectivity index (χ3v) is 13.8. The normalized spacial score (nSPS) is 25.3. The van der Waals surface area contributed by atoms with Crippen molar-refractivity contribution in [1.29, 1.82) is 0 Å². The number of carbonyl (C=O) groups excluding carboxylic acids is 1. The number of aliphatic hydroxyl groups is 7. The SMILES string of the molecule is CCC/C=C\C/C=C\CCCCCCCCOCC(COC1OC(COC2OC(CO)C(O)C(O)C2O)C(O)C(O)C1O)OC(=O)CCCCCCCCCCCCCCC/C=C\C/C=C\CCCCCCC. The van der Waals surface area contributed by atoms with Gasteiger partial charge in [0, 0.05) is 13.0 Å². The fraction of sp³-hybridized carbons (Fsp3) is 0.847. The molecular formula is C59H106O14. The molecule has 14 nitrogen and oxygen atoms in total. The van der Waals surface area contributed by atoms with E-state index in [1.54, 1.807) is 0 Å². The molecule has 2 rings (SSSR count). The standard InChI is InChI=1S/C59H106O14/c1-3-5-7-9-11-13-15-17-19-20-21-22-23-24-25-26-27-28-29-30-32-34-36-38-40-42-51(61)71-48(45-68-43-41-39-37-35-33-31-18-16-14-12-10-8-6-4-2)46-69-58-57(67)55(65)53(63)50(73-58)47-70-59-56(66)54(64)52(62)49(44-60)72-59/h8,10,14-17,20-21,48-50,52-60,62-67H,3-7,9,11-13,18-19,22-47H2,1-2H3/b10-8-,16-14-,17-15-,21-20-. The molecule has 11 unspecified atom stereocenters. The van der Waals surface area contributed by atoms with E-state index in [1.807, 2.05) is 0 Å². The van der Waals surface area contributed by atoms with Crippen molar-refractivity contribution in [3.8, 4) is 0 Å². The first-order valence-corrected chi connectivity index (χ1v) is 29.2. The first-order valence-electron chi connectivity index (χ1n) is 29.2. The van der Waals surface area contributed by atoms with Crippen LogP contribution >= 0.6 is 0 Å². The molecule has 73 heavy (non-hydrogen) atoms. The van der Waals surface area contributed by atoms with Crippen molar-refractivity contribution in [2.45, 2.75) is 287 Å². The lowest BCUT2D eigenvalue weighted by Gasteiger charge is -2.42. The maximum atomic E-state index is 13.1. The molecule has 2 aliphatic rings. The van der Waals surface area contributed by atoms with Crippen LogP contribution in [0.5, 0.6) is 0 Å². The zero-order valence-corrected chi connectivity index (χ0v) is 45.6. The van der Waals surface area contributed by atoms with E-state index in [2.05, 4.69) is 62.5 Å². The van der Waals surface area contributed by atoms with Gasteiger partial charge in [0.2, 0.25) is 0 Å². The summed E-state index contributed by atoms with van der Waals surface area (Å²) in [6.07, 6.45) is 38.9. The minimum absolute atomic E-state index is 0.0542. The lowest BCUT2D eigenvalue weighted by molar-refractivity contribution is -0.332. The van der Waals surface area contributed by atoms with Crippen LogP contribution in [0.4, 0.5) is 0 Å². The highest BCUT2D eigenvalue weighted by Gasteiger charge is 2.47. The number of unbranched alkanes of at least 4 members (excludes halogenated alkanes) is 25. The number of allylic oxidation sites excluding steroid dienone is 8. The maximum Gasteiger partial charge on any atom is 0.306 e. The Morgan fingerprint density at radius 3 is 1.37 bits per heavy atom. The minimum Gasteiger partial charge on any atom is -0.457 e. The average molecular weight is 1040 g/mol. The van der Waals surface area contributed by atoms with Gasteiger partial charge in [0.1, 0.15) is 54.9 Å². The lowest BCUT2D eigenvalue weighted by atomic mass is 9.98. The Labute approximate surface area is 442 Å². The molecule has 0 bridgehead atoms. The van der Waals surface area contributed by atoms with Gasteiger partial charge in [0.15, 0.2) is 12.6 Å². The van der Waals surface area contributed by atoms with Gasteiger partial charge in [-0.05, 0) is 70.6 Å². The third-order valence-electron chi connectivity index (χ3n) is 13.8. The van der Waals surface area contributed by atoms with Gasteiger partial charge in [-0.2, -0.15) is 0 Å². The summed E-state index contributed by atoms with van der Waals surface area (Å²) in [5.41, 5.74) is 0. The topological polar surface area (TPSA) is 214 Å². The van der Waals surface area contributed by atoms with Crippen molar-refractivity contribution < 1.29 is 69.0 Å². The summed E-state index contributed by atoms with van der Waals surface area (Å²) in [5.74, 6) is -0.380. The Balaban J connectivity index is 1.68. The Kier molecular flexibility index (Phi) is 42.3. The summed E-state index contributed by atoms with van der Waals surface area (Å²) in [6.45, 7) is 3.61. The third kappa shape index (κ3) is 33.0. The molecule has 2 fully saturated rings. The molecule has 7 N–H and O–H groups in total. The van der Waals surface area contributed by atoms with E-state index in [4.69, 9.17) is 28.4 Å². The molecule has 0 aromatic carbocycles. The van der Waals surface area contributed by atoms with Crippen molar-refractivity contribution >= 4 is 5.97 Å². The second-order valence-electron chi connectivity index (χ2n) is 20.5. The number of ether oxygens (including phenoxy) is 6. The Hall–Kier alpha value is -2.05. The van der Waals surface area contributed by atoms with E-state index in [-0.39, 0.29) is 25.6 Å². The molecule has 14 heteroatoms. The van der Waals surface area contributed by atoms with Crippen LogP contribution in [0, 0.1) is 0 Å². The number of carbonyl (C=O) groups is 1. The predicted molar refractivity (Wildman–Crippen MR) is 289 cm³/mol. The van der Waals surface area contributed by atoms with Crippen LogP contribution in [-0.4, -0.2) is 142 Å². The second kappa shape index (κ2) is 46.1. The van der Waals surface area contributed by atoms with Crippen LogP contribution in [-0.2, 0) is 33.2 Å². The lowest BCUT2D eigenvalue weighted by Crippen LogP contribution is -2.61. The highest BCUT2D eigenvalue weighted by atomic mass is 16.7. The van der Waals surface area contributed by atoms with E-state index in [1.165, 1.54) is 122 Å². The molecule has 2 saturated heterocycles. The van der Waals surface area contributed by atoms with Crippen LogP contribution < -0.4 is 0 Å². The first kappa shape index (κ1) is 67.1. The highest BCUT2D eigenvalue weighted by Crippen LogP contribution is 2.27. The van der Waals surface area contributed by atoms with E-state index in [9.17, 15) is 40.5 Å². The molecule has 0 spiro atoms. The quantitative estimate of drug-likeness (QED) is 0.0172. The molecule has 0 radical (unpaired) electrons. The summed E-state index contributed by atoms with van der Waals surface area (Å²) in [7, 11) is 0. The van der Waals surface area contributed by atoms with Gasteiger partial charge >= 0.3 is 5.97 Å². The van der Waals surface area contributed by atoms with Gasteiger partial charge in [0.05, 0.1) is 26.4 Å². The molecule has 0 aromatic heterocycles. The van der Waals surface area contributed by atoms with Gasteiger partial charge in [-0.3, -0.25) is 4.79 Å². The average Bonchev–Trinajstić information content (AvgIpc) is 3.39. The molecule has 0 aliphatic carbocycles. The summed E-state index contributed by atoms with van der Waals surface area (Å²) < 4.78 is 34.4. The Morgan fingerprint density at radius 2 is 0.877 bits per heavy atom. The van der Waals surface area contributed by atoms with Gasteiger partial charge in [-0.15, -0.1) is 0 Å². The zero-order chi connectivity index (χ0) is 53.0. The summed E-state index contributed by atoms with van der Waals surface area (Å²) >= 11 is 0. The van der Waals surface area contributed by atoms with Gasteiger partial charge in [-0.1, -0.05) is 191 Å². The predicted octanol–water partition coefficient (Wildman–Crippen LogP) is 10.3. The van der Waals surface area contributed by atoms with Gasteiger partial charge < -0.3 is 64.2 Å². The Morgan fingerprint density at radius 1 is 0.452 bits per heavy atom. The van der Waals surface area contributed by atoms with Crippen LogP contribution in [0.15, 0.2) is 48.6 Å². The van der Waals surface area contributed by atoms with Crippen LogP contribution in [0.25, 0.3) is 0 Å². The van der Waals surface area contributed by atoms with E-state index >= 15 is 0 Å². The van der Waals surface area contributed by atoms with E-state index < -0.39 is 80.7 Å². The molecule has 2 aliphatic heterocycles. The Bertz CT molecular complexity index is 1390. The summed E-state index contributed by atoms with van der Waals surface area (Å²) in [6, 6.07) is 0. The maximum absolute atomic E-state index is 13.1. The second-order valence-corrected chi connectivity index (χ2v) is 20.5. The summed E-state index contributed by atoms with van der Waals surface area (Å²) in [4.78, 5) is 13.1. The molecule has 0 saturated carbocycles. The monoisotopic (exact) mass is 1040 g/mol. The van der Waals surface area contributed by atoms with Gasteiger partial charge in [-0.25, -0.2) is 0 Å². The number of rotatable bonds is 47. The van der Waals surface area contributed by atoms with Crippen LogP contribution in [0.1, 0.15) is 219 Å². The van der Waals surface area contributed by atoms with Crippen molar-refractivity contribution in [3.05, 3.63) is 48.6 Å². The molecule has 2 heterocycles. The van der Waals surface area contributed by atoms with Crippen molar-refractivity contribution in [3.63, 3.8) is 0 Å². The van der Waals surface area contributed by atoms with Crippen LogP contribution in [0.2, 0.25) is 0 Å². The number of hydrogen-bond acceptors (Lipinski definition) is 14. The fourth-order valence-corrected chi connectivity index (χ4v) is 9.06. The largest absolute Gasteiger partial charge is 0.457 e. The van der Waals surface area contributed by atoms with Crippen LogP contribution in [0.3, 0.4) is 0 Å². The fourth-order valence-electron chi connectivity index (χ4n) is 9.06. The van der Waals surface area contributed by atoms with Crippen molar-refractivity contribution in [2.24, 2.45) is 0 Å². The first-order chi connectivity index (χ1) is 35.6. The van der Waals surface area contributed by atoms with Crippen molar-refractivity contribution in [1.82, 2.24) is 0 Å². The molecule has 11 atom stereocenters. The van der Waals surface area contributed by atoms with Gasteiger partial charge in [0.25, 0.3) is 0 Å². The van der Waals surface area contributed by atoms with Crippen molar-refractivity contribution in [2.75, 3.05) is 33.0 Å². The molecule has 0 aromatic rings.